The van der Waals surface area contributed by atoms with E-state index < -0.39 is 10.0 Å². The maximum Gasteiger partial charge on any atom is 0.238 e. The molecule has 0 bridgehead atoms. The molecule has 10 heteroatoms. The first kappa shape index (κ1) is 24.6. The van der Waals surface area contributed by atoms with E-state index >= 15 is 0 Å². The van der Waals surface area contributed by atoms with Crippen LogP contribution in [-0.2, 0) is 21.4 Å². The molecular formula is C18H30IN5O3S. The van der Waals surface area contributed by atoms with Gasteiger partial charge in [0.05, 0.1) is 10.3 Å². The largest absolute Gasteiger partial charge is 0.355 e. The molecule has 1 amide bonds. The molecule has 0 unspecified atom stereocenters. The third kappa shape index (κ3) is 6.31. The molecule has 1 aromatic rings. The monoisotopic (exact) mass is 523 g/mol. The van der Waals surface area contributed by atoms with Crippen LogP contribution in [0.5, 0.6) is 0 Å². The van der Waals surface area contributed by atoms with Crippen LogP contribution in [0.2, 0.25) is 0 Å². The second-order valence-corrected chi connectivity index (χ2v) is 8.72. The van der Waals surface area contributed by atoms with E-state index in [2.05, 4.69) is 15.6 Å². The van der Waals surface area contributed by atoms with Gasteiger partial charge in [0.1, 0.15) is 0 Å². The zero-order valence-corrected chi connectivity index (χ0v) is 19.7. The Hall–Kier alpha value is -1.40. The van der Waals surface area contributed by atoms with Gasteiger partial charge < -0.3 is 15.5 Å². The third-order valence-corrected chi connectivity index (χ3v) is 5.88. The van der Waals surface area contributed by atoms with Crippen molar-refractivity contribution < 1.29 is 13.2 Å². The van der Waals surface area contributed by atoms with Crippen molar-refractivity contribution in [3.63, 3.8) is 0 Å². The Morgan fingerprint density at radius 2 is 1.75 bits per heavy atom. The van der Waals surface area contributed by atoms with E-state index in [4.69, 9.17) is 5.14 Å². The molecule has 1 fully saturated rings. The number of guanidine groups is 1. The van der Waals surface area contributed by atoms with Gasteiger partial charge in [-0.2, -0.15) is 0 Å². The predicted octanol–water partition coefficient (Wildman–Crippen LogP) is 1.27. The number of hydrogen-bond donors (Lipinski definition) is 3. The first-order valence-electron chi connectivity index (χ1n) is 8.96. The van der Waals surface area contributed by atoms with Gasteiger partial charge in [0, 0.05) is 34.2 Å². The summed E-state index contributed by atoms with van der Waals surface area (Å²) in [5.41, 5.74) is 0.517. The van der Waals surface area contributed by atoms with Crippen LogP contribution < -0.4 is 15.8 Å². The first-order chi connectivity index (χ1) is 12.7. The molecule has 28 heavy (non-hydrogen) atoms. The summed E-state index contributed by atoms with van der Waals surface area (Å²) in [5.74, 6) is 0.755. The van der Waals surface area contributed by atoms with Gasteiger partial charge in [-0.1, -0.05) is 25.0 Å². The topological polar surface area (TPSA) is 117 Å². The molecule has 0 aromatic heterocycles. The highest BCUT2D eigenvalue weighted by Gasteiger charge is 2.42. The van der Waals surface area contributed by atoms with E-state index in [-0.39, 0.29) is 40.2 Å². The fraction of sp³-hybridized carbons (Fsp3) is 0.556. The van der Waals surface area contributed by atoms with E-state index in [1.54, 1.807) is 38.2 Å². The van der Waals surface area contributed by atoms with Gasteiger partial charge in [-0.25, -0.2) is 13.6 Å². The predicted molar refractivity (Wildman–Crippen MR) is 121 cm³/mol. The number of carbonyl (C=O) groups is 1. The molecule has 0 heterocycles. The fourth-order valence-electron chi connectivity index (χ4n) is 3.45. The molecule has 1 aliphatic carbocycles. The van der Waals surface area contributed by atoms with Gasteiger partial charge in [-0.15, -0.1) is 24.0 Å². The highest BCUT2D eigenvalue weighted by molar-refractivity contribution is 14.0. The molecule has 8 nitrogen and oxygen atoms in total. The van der Waals surface area contributed by atoms with Crippen LogP contribution >= 0.6 is 24.0 Å². The van der Waals surface area contributed by atoms with Crippen LogP contribution in [0.4, 0.5) is 0 Å². The van der Waals surface area contributed by atoms with Crippen molar-refractivity contribution in [2.75, 3.05) is 27.7 Å². The SMILES string of the molecule is CN=C(NCc1ccc(S(N)(=O)=O)cc1)NCC1(C(=O)N(C)C)CCCC1.I. The summed E-state index contributed by atoms with van der Waals surface area (Å²) in [5, 5.41) is 11.6. The molecule has 0 atom stereocenters. The number of aliphatic imine (C=N–C) groups is 1. The lowest BCUT2D eigenvalue weighted by molar-refractivity contribution is -0.138. The smallest absolute Gasteiger partial charge is 0.238 e. The minimum Gasteiger partial charge on any atom is -0.355 e. The van der Waals surface area contributed by atoms with E-state index in [1.807, 2.05) is 0 Å². The van der Waals surface area contributed by atoms with Crippen molar-refractivity contribution in [1.29, 1.82) is 0 Å². The minimum absolute atomic E-state index is 0. The molecule has 0 radical (unpaired) electrons. The molecule has 1 aliphatic rings. The van der Waals surface area contributed by atoms with Crippen LogP contribution in [0, 0.1) is 5.41 Å². The summed E-state index contributed by atoms with van der Waals surface area (Å²) < 4.78 is 22.6. The number of nitrogens with one attached hydrogen (secondary N) is 2. The standard InChI is InChI=1S/C18H29N5O3S.HI/c1-20-17(21-12-14-6-8-15(9-7-14)27(19,25)26)22-13-18(10-4-5-11-18)16(24)23(2)3;/h6-9H,4-5,10-13H2,1-3H3,(H2,19,25,26)(H2,20,21,22);1H. The van der Waals surface area contributed by atoms with Crippen molar-refractivity contribution in [1.82, 2.24) is 15.5 Å². The molecule has 2 rings (SSSR count). The lowest BCUT2D eigenvalue weighted by Gasteiger charge is -2.31. The highest BCUT2D eigenvalue weighted by atomic mass is 127. The highest BCUT2D eigenvalue weighted by Crippen LogP contribution is 2.38. The van der Waals surface area contributed by atoms with E-state index in [1.165, 1.54) is 12.1 Å². The maximum absolute atomic E-state index is 12.6. The molecule has 4 N–H and O–H groups in total. The van der Waals surface area contributed by atoms with Crippen LogP contribution in [0.25, 0.3) is 0 Å². The normalized spacial score (nSPS) is 16.2. The maximum atomic E-state index is 12.6. The number of sulfonamides is 1. The van der Waals surface area contributed by atoms with E-state index in [0.717, 1.165) is 31.2 Å². The second kappa shape index (κ2) is 10.4. The minimum atomic E-state index is -3.69. The molecule has 0 spiro atoms. The Kier molecular flexibility index (Phi) is 9.15. The van der Waals surface area contributed by atoms with Crippen LogP contribution in [0.15, 0.2) is 34.2 Å². The summed E-state index contributed by atoms with van der Waals surface area (Å²) >= 11 is 0. The van der Waals surface area contributed by atoms with E-state index in [9.17, 15) is 13.2 Å². The van der Waals surface area contributed by atoms with Crippen LogP contribution in [-0.4, -0.2) is 52.9 Å². The average Bonchev–Trinajstić information content (AvgIpc) is 3.10. The van der Waals surface area contributed by atoms with Gasteiger partial charge in [0.15, 0.2) is 5.96 Å². The number of halogens is 1. The fourth-order valence-corrected chi connectivity index (χ4v) is 3.96. The average molecular weight is 523 g/mol. The number of benzene rings is 1. The lowest BCUT2D eigenvalue weighted by Crippen LogP contribution is -2.49. The Bertz CT molecular complexity index is 788. The number of amides is 1. The zero-order valence-electron chi connectivity index (χ0n) is 16.6. The Morgan fingerprint density at radius 3 is 2.21 bits per heavy atom. The van der Waals surface area contributed by atoms with Crippen molar-refractivity contribution >= 4 is 45.9 Å². The summed E-state index contributed by atoms with van der Waals surface area (Å²) in [7, 11) is 1.57. The second-order valence-electron chi connectivity index (χ2n) is 7.16. The van der Waals surface area contributed by atoms with Crippen LogP contribution in [0.3, 0.4) is 0 Å². The number of carbonyl (C=O) groups excluding carboxylic acids is 1. The third-order valence-electron chi connectivity index (χ3n) is 4.95. The molecule has 0 saturated heterocycles. The molecule has 158 valence electrons. The molecule has 1 saturated carbocycles. The molecular weight excluding hydrogens is 493 g/mol. The first-order valence-corrected chi connectivity index (χ1v) is 10.5. The number of rotatable bonds is 6. The van der Waals surface area contributed by atoms with E-state index in [0.29, 0.717) is 19.0 Å². The van der Waals surface area contributed by atoms with Gasteiger partial charge in [-0.3, -0.25) is 9.79 Å². The van der Waals surface area contributed by atoms with Crippen molar-refractivity contribution in [2.24, 2.45) is 15.5 Å². The Morgan fingerprint density at radius 1 is 1.18 bits per heavy atom. The molecule has 1 aromatic carbocycles. The summed E-state index contributed by atoms with van der Waals surface area (Å²) in [4.78, 5) is 18.6. The van der Waals surface area contributed by atoms with Gasteiger partial charge in [0.25, 0.3) is 0 Å². The van der Waals surface area contributed by atoms with Gasteiger partial charge in [-0.05, 0) is 30.5 Å². The van der Waals surface area contributed by atoms with Crippen molar-refractivity contribution in [3.8, 4) is 0 Å². The summed E-state index contributed by atoms with van der Waals surface area (Å²) in [6, 6.07) is 6.36. The number of nitrogens with two attached hydrogens (primary N) is 1. The van der Waals surface area contributed by atoms with Gasteiger partial charge in [0.2, 0.25) is 15.9 Å². The Balaban J connectivity index is 0.00000392. The molecule has 0 aliphatic heterocycles. The zero-order chi connectivity index (χ0) is 20.1. The summed E-state index contributed by atoms with van der Waals surface area (Å²) in [6.07, 6.45) is 3.87. The van der Waals surface area contributed by atoms with Crippen LogP contribution in [0.1, 0.15) is 31.2 Å². The quantitative estimate of drug-likeness (QED) is 0.295. The van der Waals surface area contributed by atoms with Gasteiger partial charge >= 0.3 is 0 Å². The summed E-state index contributed by atoms with van der Waals surface area (Å²) in [6.45, 7) is 1.01. The Labute approximate surface area is 184 Å². The number of hydrogen-bond acceptors (Lipinski definition) is 4. The number of primary sulfonamides is 1. The number of nitrogens with zero attached hydrogens (tertiary/aromatic N) is 2. The van der Waals surface area contributed by atoms with Crippen molar-refractivity contribution in [2.45, 2.75) is 37.1 Å². The lowest BCUT2D eigenvalue weighted by atomic mass is 9.84. The van der Waals surface area contributed by atoms with Crippen molar-refractivity contribution in [3.05, 3.63) is 29.8 Å².